The minimum atomic E-state index is -0.617. The number of pyridine rings is 1. The van der Waals surface area contributed by atoms with Gasteiger partial charge in [0.25, 0.3) is 5.91 Å². The lowest BCUT2D eigenvalue weighted by atomic mass is 9.39. The van der Waals surface area contributed by atoms with E-state index in [0.29, 0.717) is 30.6 Å². The number of carbonyl (C=O) groups excluding carboxylic acids is 2. The van der Waals surface area contributed by atoms with Gasteiger partial charge in [-0.2, -0.15) is 5.26 Å². The van der Waals surface area contributed by atoms with Gasteiger partial charge in [0.1, 0.15) is 23.5 Å². The van der Waals surface area contributed by atoms with Gasteiger partial charge in [0, 0.05) is 17.8 Å². The van der Waals surface area contributed by atoms with Crippen molar-refractivity contribution in [3.05, 3.63) is 52.9 Å². The van der Waals surface area contributed by atoms with Crippen LogP contribution in [0.3, 0.4) is 0 Å². The number of aromatic nitrogens is 1. The van der Waals surface area contributed by atoms with Gasteiger partial charge in [-0.05, 0) is 43.5 Å². The Hall–Kier alpha value is -3.18. The second-order valence-corrected chi connectivity index (χ2v) is 7.91. The third-order valence-corrected chi connectivity index (χ3v) is 5.62. The highest BCUT2D eigenvalue weighted by Gasteiger charge is 2.72. The van der Waals surface area contributed by atoms with E-state index >= 15 is 0 Å². The summed E-state index contributed by atoms with van der Waals surface area (Å²) in [6.45, 7) is -0.253. The molecule has 2 N–H and O–H groups in total. The summed E-state index contributed by atoms with van der Waals surface area (Å²) in [5.74, 6) is -0.485. The van der Waals surface area contributed by atoms with Crippen molar-refractivity contribution in [1.82, 2.24) is 10.3 Å². The average Bonchev–Trinajstić information content (AvgIpc) is 2.65. The van der Waals surface area contributed by atoms with Crippen molar-refractivity contribution in [3.63, 3.8) is 0 Å². The number of carbonyl (C=O) groups is 2. The van der Waals surface area contributed by atoms with Crippen molar-refractivity contribution >= 4 is 29.2 Å². The zero-order valence-corrected chi connectivity index (χ0v) is 15.9. The summed E-state index contributed by atoms with van der Waals surface area (Å²) in [5, 5.41) is 14.4. The number of anilines is 1. The van der Waals surface area contributed by atoms with Crippen LogP contribution >= 0.6 is 11.6 Å². The van der Waals surface area contributed by atoms with Crippen LogP contribution in [0, 0.1) is 22.6 Å². The Labute approximate surface area is 170 Å². The van der Waals surface area contributed by atoms with Crippen LogP contribution < -0.4 is 15.4 Å². The smallest absolute Gasteiger partial charge is 0.258 e. The van der Waals surface area contributed by atoms with Crippen molar-refractivity contribution in [2.24, 2.45) is 5.41 Å². The molecular weight excluding hydrogens is 399 g/mol. The summed E-state index contributed by atoms with van der Waals surface area (Å²) in [4.78, 5) is 28.7. The van der Waals surface area contributed by atoms with E-state index in [0.717, 1.165) is 6.07 Å². The van der Waals surface area contributed by atoms with Crippen LogP contribution in [0.1, 0.15) is 24.8 Å². The summed E-state index contributed by atoms with van der Waals surface area (Å²) in [5.41, 5.74) is -0.469. The van der Waals surface area contributed by atoms with Gasteiger partial charge in [-0.1, -0.05) is 11.6 Å². The predicted molar refractivity (Wildman–Crippen MR) is 102 cm³/mol. The zero-order chi connectivity index (χ0) is 20.6. The van der Waals surface area contributed by atoms with Crippen molar-refractivity contribution in [2.45, 2.75) is 24.8 Å². The molecule has 3 aliphatic rings. The summed E-state index contributed by atoms with van der Waals surface area (Å²) >= 11 is 5.61. The second-order valence-electron chi connectivity index (χ2n) is 7.50. The van der Waals surface area contributed by atoms with Gasteiger partial charge in [0.15, 0.2) is 6.61 Å². The molecule has 29 heavy (non-hydrogen) atoms. The first-order valence-corrected chi connectivity index (χ1v) is 9.27. The van der Waals surface area contributed by atoms with E-state index in [1.54, 1.807) is 12.1 Å². The van der Waals surface area contributed by atoms with Crippen LogP contribution in [0.15, 0.2) is 36.5 Å². The van der Waals surface area contributed by atoms with Crippen LogP contribution in [0.2, 0.25) is 5.02 Å². The van der Waals surface area contributed by atoms with Gasteiger partial charge in [-0.25, -0.2) is 9.37 Å². The molecule has 148 valence electrons. The standard InChI is InChI=1S/C20H16ClFN4O3/c21-14-3-2-13(5-15(14)22)29-8-17(27)26-20-9-19(10-20,11-20)18(28)25-16-4-1-12(6-23)7-24-16/h1-5,7H,8-11H2,(H,26,27)(H,24,25,28). The number of benzene rings is 1. The van der Waals surface area contributed by atoms with Gasteiger partial charge in [0.2, 0.25) is 5.91 Å². The maximum Gasteiger partial charge on any atom is 0.258 e. The summed E-state index contributed by atoms with van der Waals surface area (Å²) in [7, 11) is 0. The third-order valence-electron chi connectivity index (χ3n) is 5.31. The molecule has 1 heterocycles. The highest BCUT2D eigenvalue weighted by atomic mass is 35.5. The molecule has 2 aromatic rings. The number of nitriles is 1. The fraction of sp³-hybridized carbons (Fsp3) is 0.300. The van der Waals surface area contributed by atoms with E-state index in [1.807, 2.05) is 6.07 Å². The molecule has 3 fully saturated rings. The first-order valence-electron chi connectivity index (χ1n) is 8.90. The number of halogens is 2. The summed E-state index contributed by atoms with van der Waals surface area (Å²) in [6, 6.07) is 9.09. The molecule has 0 atom stereocenters. The maximum atomic E-state index is 13.4. The molecule has 0 aliphatic heterocycles. The maximum absolute atomic E-state index is 13.4. The fourth-order valence-electron chi connectivity index (χ4n) is 3.99. The Morgan fingerprint density at radius 1 is 1.28 bits per heavy atom. The largest absolute Gasteiger partial charge is 0.484 e. The van der Waals surface area contributed by atoms with Gasteiger partial charge in [-0.15, -0.1) is 0 Å². The molecule has 2 bridgehead atoms. The lowest BCUT2D eigenvalue weighted by Gasteiger charge is -2.69. The van der Waals surface area contributed by atoms with E-state index in [9.17, 15) is 14.0 Å². The molecule has 0 radical (unpaired) electrons. The molecule has 1 aromatic carbocycles. The minimum absolute atomic E-state index is 0.0181. The van der Waals surface area contributed by atoms with Crippen LogP contribution in [0.4, 0.5) is 10.2 Å². The number of nitrogens with zero attached hydrogens (tertiary/aromatic N) is 2. The van der Waals surface area contributed by atoms with E-state index in [-0.39, 0.29) is 34.7 Å². The number of hydrogen-bond acceptors (Lipinski definition) is 5. The molecular formula is C20H16ClFN4O3. The molecule has 0 saturated heterocycles. The van der Waals surface area contributed by atoms with Gasteiger partial charge in [-0.3, -0.25) is 9.59 Å². The summed E-state index contributed by atoms with van der Waals surface area (Å²) < 4.78 is 18.7. The van der Waals surface area contributed by atoms with Crippen molar-refractivity contribution in [3.8, 4) is 11.8 Å². The molecule has 5 rings (SSSR count). The number of rotatable bonds is 6. The van der Waals surface area contributed by atoms with Crippen LogP contribution in [-0.2, 0) is 9.59 Å². The molecule has 0 unspecified atom stereocenters. The SMILES string of the molecule is N#Cc1ccc(NC(=O)C23CC(NC(=O)COc4ccc(Cl)c(F)c4)(C2)C3)nc1. The lowest BCUT2D eigenvalue weighted by Crippen LogP contribution is -2.78. The Morgan fingerprint density at radius 3 is 2.66 bits per heavy atom. The first-order chi connectivity index (χ1) is 13.8. The first kappa shape index (κ1) is 19.2. The average molecular weight is 415 g/mol. The van der Waals surface area contributed by atoms with Gasteiger partial charge >= 0.3 is 0 Å². The highest BCUT2D eigenvalue weighted by molar-refractivity contribution is 6.30. The quantitative estimate of drug-likeness (QED) is 0.756. The number of amides is 2. The van der Waals surface area contributed by atoms with Crippen LogP contribution in [-0.4, -0.2) is 28.9 Å². The monoisotopic (exact) mass is 414 g/mol. The fourth-order valence-corrected chi connectivity index (χ4v) is 4.11. The number of nitrogens with one attached hydrogen (secondary N) is 2. The van der Waals surface area contributed by atoms with E-state index in [2.05, 4.69) is 15.6 Å². The van der Waals surface area contributed by atoms with Crippen molar-refractivity contribution in [1.29, 1.82) is 5.26 Å². The highest BCUT2D eigenvalue weighted by Crippen LogP contribution is 2.67. The normalized spacial score (nSPS) is 23.8. The van der Waals surface area contributed by atoms with Crippen LogP contribution in [0.5, 0.6) is 5.75 Å². The third kappa shape index (κ3) is 3.61. The summed E-state index contributed by atoms with van der Waals surface area (Å²) in [6.07, 6.45) is 3.03. The molecule has 7 nitrogen and oxygen atoms in total. The Balaban J connectivity index is 1.24. The number of ether oxygens (including phenoxy) is 1. The predicted octanol–water partition coefficient (Wildman–Crippen LogP) is 2.80. The molecule has 2 amide bonds. The van der Waals surface area contributed by atoms with Crippen LogP contribution in [0.25, 0.3) is 0 Å². The topological polar surface area (TPSA) is 104 Å². The van der Waals surface area contributed by atoms with Gasteiger partial charge < -0.3 is 15.4 Å². The molecule has 9 heteroatoms. The molecule has 3 aliphatic carbocycles. The van der Waals surface area contributed by atoms with E-state index in [4.69, 9.17) is 21.6 Å². The number of hydrogen-bond donors (Lipinski definition) is 2. The Bertz CT molecular complexity index is 1020. The zero-order valence-electron chi connectivity index (χ0n) is 15.2. The second kappa shape index (κ2) is 7.01. The van der Waals surface area contributed by atoms with E-state index < -0.39 is 11.2 Å². The minimum Gasteiger partial charge on any atom is -0.484 e. The van der Waals surface area contributed by atoms with E-state index in [1.165, 1.54) is 18.3 Å². The molecule has 0 spiro atoms. The van der Waals surface area contributed by atoms with Crippen molar-refractivity contribution in [2.75, 3.05) is 11.9 Å². The molecule has 3 saturated carbocycles. The lowest BCUT2D eigenvalue weighted by molar-refractivity contribution is -0.179. The van der Waals surface area contributed by atoms with Crippen molar-refractivity contribution < 1.29 is 18.7 Å². The Kier molecular flexibility index (Phi) is 4.63. The Morgan fingerprint density at radius 2 is 2.03 bits per heavy atom. The van der Waals surface area contributed by atoms with Gasteiger partial charge in [0.05, 0.1) is 16.0 Å². The molecule has 1 aromatic heterocycles.